The Morgan fingerprint density at radius 1 is 1.00 bits per heavy atom. The van der Waals surface area contributed by atoms with E-state index in [0.29, 0.717) is 29.4 Å². The van der Waals surface area contributed by atoms with Crippen molar-refractivity contribution in [3.05, 3.63) is 53.6 Å². The molecule has 0 aliphatic heterocycles. The number of hydrogen-bond acceptors (Lipinski definition) is 5. The van der Waals surface area contributed by atoms with Gasteiger partial charge < -0.3 is 4.74 Å². The minimum atomic E-state index is -3.71. The molecule has 2 aromatic rings. The van der Waals surface area contributed by atoms with Crippen molar-refractivity contribution in [2.24, 2.45) is 5.41 Å². The Labute approximate surface area is 169 Å². The van der Waals surface area contributed by atoms with Crippen LogP contribution in [0.5, 0.6) is 11.5 Å². The molecule has 1 aliphatic carbocycles. The summed E-state index contributed by atoms with van der Waals surface area (Å²) in [6, 6.07) is 12.9. The molecule has 0 aromatic heterocycles. The predicted molar refractivity (Wildman–Crippen MR) is 105 cm³/mol. The van der Waals surface area contributed by atoms with E-state index in [1.54, 1.807) is 41.9 Å². The van der Waals surface area contributed by atoms with Crippen LogP contribution in [0, 0.1) is 5.41 Å². The molecule has 2 N–H and O–H groups in total. The zero-order valence-corrected chi connectivity index (χ0v) is 16.8. The van der Waals surface area contributed by atoms with Crippen LogP contribution in [0.2, 0.25) is 5.02 Å². The summed E-state index contributed by atoms with van der Waals surface area (Å²) in [4.78, 5) is 12.3. The number of hydrogen-bond donors (Lipinski definition) is 2. The first-order valence-corrected chi connectivity index (χ1v) is 11.1. The number of ether oxygens (including phenoxy) is 1. The number of carbonyl (C=O) groups is 1. The summed E-state index contributed by atoms with van der Waals surface area (Å²) in [5.41, 5.74) is 0.564. The van der Waals surface area contributed by atoms with E-state index in [4.69, 9.17) is 21.5 Å². The molecule has 6 nitrogen and oxygen atoms in total. The van der Waals surface area contributed by atoms with Gasteiger partial charge in [0, 0.05) is 5.02 Å². The van der Waals surface area contributed by atoms with Crippen molar-refractivity contribution in [1.29, 1.82) is 0 Å². The molecule has 2 aromatic carbocycles. The van der Waals surface area contributed by atoms with Crippen molar-refractivity contribution in [1.82, 2.24) is 5.48 Å². The minimum absolute atomic E-state index is 0.117. The highest BCUT2D eigenvalue weighted by molar-refractivity contribution is 7.91. The Hall–Kier alpha value is -2.09. The molecule has 0 atom stereocenters. The summed E-state index contributed by atoms with van der Waals surface area (Å²) in [7, 11) is -3.71. The smallest absolute Gasteiger partial charge is 0.250 e. The van der Waals surface area contributed by atoms with Crippen LogP contribution in [0.3, 0.4) is 0 Å². The lowest BCUT2D eigenvalue weighted by Crippen LogP contribution is -2.45. The second kappa shape index (κ2) is 8.51. The van der Waals surface area contributed by atoms with Crippen LogP contribution in [-0.4, -0.2) is 25.3 Å². The molecule has 0 saturated heterocycles. The molecule has 1 aliphatic rings. The summed E-state index contributed by atoms with van der Waals surface area (Å²) in [5.74, 6) is 0.116. The zero-order chi connectivity index (χ0) is 20.2. The number of benzene rings is 2. The van der Waals surface area contributed by atoms with Gasteiger partial charge in [0.15, 0.2) is 9.84 Å². The molecule has 0 radical (unpaired) electrons. The van der Waals surface area contributed by atoms with Crippen LogP contribution in [0.25, 0.3) is 0 Å². The second-order valence-corrected chi connectivity index (χ2v) is 9.49. The van der Waals surface area contributed by atoms with E-state index in [1.807, 2.05) is 0 Å². The Morgan fingerprint density at radius 2 is 1.54 bits per heavy atom. The molecule has 8 heteroatoms. The van der Waals surface area contributed by atoms with E-state index < -0.39 is 21.2 Å². The lowest BCUT2D eigenvalue weighted by Gasteiger charge is -2.34. The maximum absolute atomic E-state index is 12.9. The van der Waals surface area contributed by atoms with Gasteiger partial charge >= 0.3 is 0 Å². The molecule has 1 saturated carbocycles. The van der Waals surface area contributed by atoms with E-state index in [9.17, 15) is 13.2 Å². The average Bonchev–Trinajstić information content (AvgIpc) is 2.70. The molecule has 0 spiro atoms. The summed E-state index contributed by atoms with van der Waals surface area (Å²) < 4.78 is 31.5. The van der Waals surface area contributed by atoms with Crippen molar-refractivity contribution in [2.75, 3.05) is 5.75 Å². The number of hydroxylamine groups is 1. The van der Waals surface area contributed by atoms with E-state index >= 15 is 0 Å². The topological polar surface area (TPSA) is 92.7 Å². The molecule has 1 fully saturated rings. The highest BCUT2D eigenvalue weighted by atomic mass is 35.5. The van der Waals surface area contributed by atoms with Crippen LogP contribution in [0.1, 0.15) is 32.1 Å². The fourth-order valence-electron chi connectivity index (χ4n) is 3.58. The third-order valence-electron chi connectivity index (χ3n) is 5.09. The molecular weight excluding hydrogens is 402 g/mol. The monoisotopic (exact) mass is 423 g/mol. The fraction of sp³-hybridized carbons (Fsp3) is 0.350. The maximum atomic E-state index is 12.9. The van der Waals surface area contributed by atoms with Crippen LogP contribution >= 0.6 is 11.6 Å². The average molecular weight is 424 g/mol. The molecule has 0 heterocycles. The first-order chi connectivity index (χ1) is 13.3. The van der Waals surface area contributed by atoms with Crippen LogP contribution in [-0.2, 0) is 14.6 Å². The highest BCUT2D eigenvalue weighted by Gasteiger charge is 2.43. The second-order valence-electron chi connectivity index (χ2n) is 7.07. The third-order valence-corrected chi connectivity index (χ3v) is 7.27. The minimum Gasteiger partial charge on any atom is -0.457 e. The first kappa shape index (κ1) is 20.6. The maximum Gasteiger partial charge on any atom is 0.250 e. The molecule has 3 rings (SSSR count). The normalized spacial score (nSPS) is 16.4. The first-order valence-electron chi connectivity index (χ1n) is 9.05. The molecule has 150 valence electrons. The Morgan fingerprint density at radius 3 is 2.07 bits per heavy atom. The van der Waals surface area contributed by atoms with Gasteiger partial charge in [-0.05, 0) is 61.4 Å². The van der Waals surface area contributed by atoms with Crippen LogP contribution < -0.4 is 10.2 Å². The summed E-state index contributed by atoms with van der Waals surface area (Å²) in [6.07, 6.45) is 3.36. The van der Waals surface area contributed by atoms with Gasteiger partial charge in [-0.3, -0.25) is 10.0 Å². The van der Waals surface area contributed by atoms with Gasteiger partial charge in [0.25, 0.3) is 5.91 Å². The van der Waals surface area contributed by atoms with E-state index in [2.05, 4.69) is 0 Å². The van der Waals surface area contributed by atoms with Crippen LogP contribution in [0.15, 0.2) is 53.4 Å². The molecule has 28 heavy (non-hydrogen) atoms. The number of carbonyl (C=O) groups excluding carboxylic acids is 1. The van der Waals surface area contributed by atoms with E-state index in [1.165, 1.54) is 12.1 Å². The number of rotatable bonds is 6. The lowest BCUT2D eigenvalue weighted by molar-refractivity contribution is -0.140. The van der Waals surface area contributed by atoms with Crippen molar-refractivity contribution < 1.29 is 23.2 Å². The lowest BCUT2D eigenvalue weighted by atomic mass is 9.75. The van der Waals surface area contributed by atoms with Gasteiger partial charge in [-0.2, -0.15) is 0 Å². The largest absolute Gasteiger partial charge is 0.457 e. The van der Waals surface area contributed by atoms with Gasteiger partial charge in [-0.25, -0.2) is 13.9 Å². The van der Waals surface area contributed by atoms with Gasteiger partial charge in [0.05, 0.1) is 16.1 Å². The Bertz CT molecular complexity index is 920. The zero-order valence-electron chi connectivity index (χ0n) is 15.2. The van der Waals surface area contributed by atoms with Gasteiger partial charge in [0.2, 0.25) is 0 Å². The van der Waals surface area contributed by atoms with E-state index in [-0.39, 0.29) is 10.6 Å². The SMILES string of the molecule is O=C(NO)C1(CS(=O)(=O)c2ccc(Oc3ccc(Cl)cc3)cc2)CCCCC1. The van der Waals surface area contributed by atoms with Crippen molar-refractivity contribution in [2.45, 2.75) is 37.0 Å². The number of halogens is 1. The highest BCUT2D eigenvalue weighted by Crippen LogP contribution is 2.39. The third kappa shape index (κ3) is 4.66. The number of sulfone groups is 1. The van der Waals surface area contributed by atoms with Gasteiger partial charge in [-0.15, -0.1) is 0 Å². The van der Waals surface area contributed by atoms with Crippen molar-refractivity contribution in [3.8, 4) is 11.5 Å². The summed E-state index contributed by atoms with van der Waals surface area (Å²) in [5, 5.41) is 9.69. The molecule has 0 unspecified atom stereocenters. The number of nitrogens with one attached hydrogen (secondary N) is 1. The summed E-state index contributed by atoms with van der Waals surface area (Å²) in [6.45, 7) is 0. The molecule has 0 bridgehead atoms. The standard InChI is InChI=1S/C20H22ClNO5S/c21-15-4-6-16(7-5-15)27-17-8-10-18(11-9-17)28(25,26)14-20(19(23)22-24)12-2-1-3-13-20/h4-11,24H,1-3,12-14H2,(H,22,23). The molecular formula is C20H22ClNO5S. The van der Waals surface area contributed by atoms with Crippen LogP contribution in [0.4, 0.5) is 0 Å². The predicted octanol–water partition coefficient (Wildman–Crippen LogP) is 4.36. The van der Waals surface area contributed by atoms with Gasteiger partial charge in [-0.1, -0.05) is 30.9 Å². The fourth-order valence-corrected chi connectivity index (χ4v) is 5.58. The summed E-state index contributed by atoms with van der Waals surface area (Å²) >= 11 is 5.84. The number of amides is 1. The van der Waals surface area contributed by atoms with E-state index in [0.717, 1.165) is 19.3 Å². The van der Waals surface area contributed by atoms with Crippen molar-refractivity contribution in [3.63, 3.8) is 0 Å². The quantitative estimate of drug-likeness (QED) is 0.531. The molecule has 1 amide bonds. The van der Waals surface area contributed by atoms with Gasteiger partial charge in [0.1, 0.15) is 11.5 Å². The Balaban J connectivity index is 1.77. The van der Waals surface area contributed by atoms with Crippen molar-refractivity contribution >= 4 is 27.3 Å². The Kier molecular flexibility index (Phi) is 6.27.